The van der Waals surface area contributed by atoms with E-state index in [1.54, 1.807) is 6.07 Å². The van der Waals surface area contributed by atoms with E-state index >= 15 is 0 Å². The first-order chi connectivity index (χ1) is 12.7. The Bertz CT molecular complexity index is 990. The summed E-state index contributed by atoms with van der Waals surface area (Å²) in [6, 6.07) is 8.23. The number of fused-ring (bicyclic) bond motifs is 1. The van der Waals surface area contributed by atoms with E-state index in [1.165, 1.54) is 24.6 Å². The van der Waals surface area contributed by atoms with E-state index in [0.29, 0.717) is 11.4 Å². The lowest BCUT2D eigenvalue weighted by Crippen LogP contribution is -2.11. The smallest absolute Gasteiger partial charge is 0.365 e. The largest absolute Gasteiger partial charge is 0.416 e. The highest BCUT2D eigenvalue weighted by Gasteiger charge is 2.32. The highest BCUT2D eigenvalue weighted by Crippen LogP contribution is 2.34. The zero-order chi connectivity index (χ0) is 19.8. The molecule has 27 heavy (non-hydrogen) atoms. The molecule has 0 amide bonds. The van der Waals surface area contributed by atoms with E-state index in [-0.39, 0.29) is 20.0 Å². The van der Waals surface area contributed by atoms with Gasteiger partial charge in [0, 0.05) is 16.4 Å². The Balaban J connectivity index is 1.95. The van der Waals surface area contributed by atoms with Gasteiger partial charge in [-0.2, -0.15) is 13.2 Å². The van der Waals surface area contributed by atoms with Crippen LogP contribution in [0.4, 0.5) is 19.0 Å². The Kier molecular flexibility index (Phi) is 5.73. The molecule has 0 radical (unpaired) electrons. The van der Waals surface area contributed by atoms with Crippen LogP contribution in [0.5, 0.6) is 0 Å². The maximum Gasteiger partial charge on any atom is 0.416 e. The minimum atomic E-state index is -4.36. The average molecular weight is 456 g/mol. The van der Waals surface area contributed by atoms with Gasteiger partial charge in [-0.05, 0) is 54.9 Å². The van der Waals surface area contributed by atoms with Gasteiger partial charge in [0.1, 0.15) is 12.1 Å². The molecule has 0 aliphatic heterocycles. The summed E-state index contributed by atoms with van der Waals surface area (Å²) in [4.78, 5) is 8.60. The zero-order valence-electron chi connectivity index (χ0n) is 15.0. The molecule has 0 spiro atoms. The SMILES string of the molecule is Cc1c(CNc2ncnc3cc(Br)c(P(C)C)cc23)cccc1C(F)(F)F. The number of nitrogens with zero attached hydrogens (tertiary/aromatic N) is 2. The fourth-order valence-electron chi connectivity index (χ4n) is 2.91. The number of rotatable bonds is 4. The van der Waals surface area contributed by atoms with Crippen molar-refractivity contribution in [2.24, 2.45) is 0 Å². The molecule has 8 heteroatoms. The topological polar surface area (TPSA) is 37.8 Å². The van der Waals surface area contributed by atoms with Crippen molar-refractivity contribution < 1.29 is 13.2 Å². The van der Waals surface area contributed by atoms with Gasteiger partial charge >= 0.3 is 6.18 Å². The van der Waals surface area contributed by atoms with Gasteiger partial charge in [-0.1, -0.05) is 36.0 Å². The van der Waals surface area contributed by atoms with Crippen LogP contribution in [0.25, 0.3) is 10.9 Å². The van der Waals surface area contributed by atoms with Crippen molar-refractivity contribution in [3.8, 4) is 0 Å². The second-order valence-electron chi connectivity index (χ2n) is 6.38. The highest BCUT2D eigenvalue weighted by atomic mass is 79.9. The quantitative estimate of drug-likeness (QED) is 0.512. The van der Waals surface area contributed by atoms with Gasteiger partial charge in [-0.25, -0.2) is 9.97 Å². The molecule has 3 aromatic rings. The lowest BCUT2D eigenvalue weighted by atomic mass is 10.0. The van der Waals surface area contributed by atoms with Crippen LogP contribution in [0.3, 0.4) is 0 Å². The molecular weight excluding hydrogens is 438 g/mol. The third-order valence-electron chi connectivity index (χ3n) is 4.38. The van der Waals surface area contributed by atoms with Crippen molar-refractivity contribution in [3.05, 3.63) is 57.8 Å². The number of hydrogen-bond acceptors (Lipinski definition) is 3. The van der Waals surface area contributed by atoms with Crippen LogP contribution in [0.2, 0.25) is 0 Å². The second-order valence-corrected chi connectivity index (χ2v) is 9.50. The van der Waals surface area contributed by atoms with Crippen molar-refractivity contribution in [2.45, 2.75) is 19.6 Å². The first-order valence-corrected chi connectivity index (χ1v) is 11.2. The second kappa shape index (κ2) is 7.72. The molecular formula is C19H18BrF3N3P. The summed E-state index contributed by atoms with van der Waals surface area (Å²) in [5.74, 6) is 0.613. The molecule has 0 saturated carbocycles. The minimum absolute atomic E-state index is 0.227. The third kappa shape index (κ3) is 4.25. The number of anilines is 1. The first-order valence-electron chi connectivity index (χ1n) is 8.19. The van der Waals surface area contributed by atoms with E-state index in [1.807, 2.05) is 12.1 Å². The van der Waals surface area contributed by atoms with Crippen molar-refractivity contribution in [2.75, 3.05) is 18.6 Å². The maximum absolute atomic E-state index is 13.1. The Hall–Kier alpha value is -1.72. The molecule has 0 aliphatic carbocycles. The first kappa shape index (κ1) is 20.0. The van der Waals surface area contributed by atoms with E-state index in [9.17, 15) is 13.2 Å². The zero-order valence-corrected chi connectivity index (χ0v) is 17.5. The Morgan fingerprint density at radius 2 is 1.89 bits per heavy atom. The number of halogens is 4. The molecule has 0 bridgehead atoms. The molecule has 0 atom stereocenters. The Labute approximate surface area is 165 Å². The molecule has 1 aromatic heterocycles. The average Bonchev–Trinajstić information content (AvgIpc) is 2.58. The van der Waals surface area contributed by atoms with Crippen molar-refractivity contribution in [1.29, 1.82) is 0 Å². The summed E-state index contributed by atoms with van der Waals surface area (Å²) in [5.41, 5.74) is 0.982. The standard InChI is InChI=1S/C19H18BrF3N3P/c1-11-12(5-4-6-14(11)19(21,22)23)9-24-18-13-7-17(27(2)3)15(20)8-16(13)25-10-26-18/h4-8,10H,9H2,1-3H3,(H,24,25,26). The molecule has 1 heterocycles. The molecule has 3 nitrogen and oxygen atoms in total. The van der Waals surface area contributed by atoms with E-state index < -0.39 is 11.7 Å². The van der Waals surface area contributed by atoms with E-state index in [2.05, 4.69) is 44.5 Å². The molecule has 0 saturated heterocycles. The normalized spacial score (nSPS) is 12.0. The van der Waals surface area contributed by atoms with Gasteiger partial charge in [-0.3, -0.25) is 0 Å². The fraction of sp³-hybridized carbons (Fsp3) is 0.263. The van der Waals surface area contributed by atoms with Gasteiger partial charge in [0.15, 0.2) is 0 Å². The molecule has 1 N–H and O–H groups in total. The predicted octanol–water partition coefficient (Wildman–Crippen LogP) is 5.70. The molecule has 0 unspecified atom stereocenters. The molecule has 142 valence electrons. The lowest BCUT2D eigenvalue weighted by Gasteiger charge is -2.16. The van der Waals surface area contributed by atoms with Gasteiger partial charge in [-0.15, -0.1) is 0 Å². The van der Waals surface area contributed by atoms with Crippen molar-refractivity contribution in [3.63, 3.8) is 0 Å². The summed E-state index contributed by atoms with van der Waals surface area (Å²) in [5, 5.41) is 5.23. The van der Waals surface area contributed by atoms with E-state index in [0.717, 1.165) is 21.4 Å². The third-order valence-corrected chi connectivity index (χ3v) is 6.68. The Morgan fingerprint density at radius 1 is 1.15 bits per heavy atom. The summed E-state index contributed by atoms with van der Waals surface area (Å²) in [6.07, 6.45) is -2.90. The summed E-state index contributed by atoms with van der Waals surface area (Å²) >= 11 is 3.58. The number of alkyl halides is 3. The molecule has 0 aliphatic rings. The van der Waals surface area contributed by atoms with Crippen molar-refractivity contribution in [1.82, 2.24) is 9.97 Å². The van der Waals surface area contributed by atoms with Crippen LogP contribution in [-0.4, -0.2) is 23.3 Å². The van der Waals surface area contributed by atoms with Gasteiger partial charge in [0.2, 0.25) is 0 Å². The minimum Gasteiger partial charge on any atom is -0.365 e. The summed E-state index contributed by atoms with van der Waals surface area (Å²) in [6.45, 7) is 6.06. The summed E-state index contributed by atoms with van der Waals surface area (Å²) in [7, 11) is -0.333. The summed E-state index contributed by atoms with van der Waals surface area (Å²) < 4.78 is 40.3. The number of nitrogens with one attached hydrogen (secondary N) is 1. The Morgan fingerprint density at radius 3 is 2.56 bits per heavy atom. The number of aromatic nitrogens is 2. The van der Waals surface area contributed by atoms with E-state index in [4.69, 9.17) is 0 Å². The lowest BCUT2D eigenvalue weighted by molar-refractivity contribution is -0.138. The van der Waals surface area contributed by atoms with Gasteiger partial charge in [0.05, 0.1) is 11.1 Å². The number of benzene rings is 2. The number of hydrogen-bond donors (Lipinski definition) is 1. The molecule has 0 fully saturated rings. The van der Waals surface area contributed by atoms with Crippen LogP contribution in [0.15, 0.2) is 41.1 Å². The maximum atomic E-state index is 13.1. The molecule has 3 rings (SSSR count). The van der Waals surface area contributed by atoms with Gasteiger partial charge in [0.25, 0.3) is 0 Å². The van der Waals surface area contributed by atoms with Crippen molar-refractivity contribution >= 4 is 45.9 Å². The molecule has 2 aromatic carbocycles. The fourth-order valence-corrected chi connectivity index (χ4v) is 5.19. The van der Waals surface area contributed by atoms with Crippen LogP contribution >= 0.6 is 23.9 Å². The monoisotopic (exact) mass is 455 g/mol. The highest BCUT2D eigenvalue weighted by molar-refractivity contribution is 9.10. The predicted molar refractivity (Wildman–Crippen MR) is 109 cm³/mol. The van der Waals surface area contributed by atoms with Crippen LogP contribution in [-0.2, 0) is 12.7 Å². The van der Waals surface area contributed by atoms with Gasteiger partial charge < -0.3 is 5.32 Å². The van der Waals surface area contributed by atoms with Crippen LogP contribution in [0, 0.1) is 6.92 Å². The van der Waals surface area contributed by atoms with Crippen LogP contribution < -0.4 is 10.6 Å². The van der Waals surface area contributed by atoms with Crippen LogP contribution in [0.1, 0.15) is 16.7 Å².